The smallest absolute Gasteiger partial charge is 0.345 e. The molecule has 0 aromatic carbocycles. The van der Waals surface area contributed by atoms with Crippen molar-refractivity contribution < 1.29 is 23.4 Å². The van der Waals surface area contributed by atoms with E-state index in [4.69, 9.17) is 10.2 Å². The number of carbonyl (C=O) groups is 1. The minimum atomic E-state index is -3.67. The molecule has 0 bridgehead atoms. The first-order chi connectivity index (χ1) is 9.27. The molecular formula is C12H19NO5S2. The third kappa shape index (κ3) is 4.55. The minimum absolute atomic E-state index is 0.0109. The molecule has 3 N–H and O–H groups in total. The van der Waals surface area contributed by atoms with Crippen LogP contribution in [0.1, 0.15) is 34.3 Å². The Hall–Kier alpha value is -0.960. The number of aliphatic hydroxyl groups is 1. The molecule has 1 rings (SSSR count). The summed E-state index contributed by atoms with van der Waals surface area (Å²) in [6.45, 7) is 3.82. The highest BCUT2D eigenvalue weighted by Gasteiger charge is 2.21. The second-order valence-electron chi connectivity index (χ2n) is 4.66. The maximum Gasteiger partial charge on any atom is 0.345 e. The lowest BCUT2D eigenvalue weighted by atomic mass is 10.1. The topological polar surface area (TPSA) is 104 Å². The highest BCUT2D eigenvalue weighted by atomic mass is 32.2. The summed E-state index contributed by atoms with van der Waals surface area (Å²) in [6, 6.07) is 1.18. The Morgan fingerprint density at radius 3 is 2.65 bits per heavy atom. The number of carboxylic acid groups (broad SMARTS) is 1. The lowest BCUT2D eigenvalue weighted by Crippen LogP contribution is -2.25. The van der Waals surface area contributed by atoms with Crippen molar-refractivity contribution in [3.63, 3.8) is 0 Å². The van der Waals surface area contributed by atoms with E-state index < -0.39 is 16.0 Å². The lowest BCUT2D eigenvalue weighted by molar-refractivity contribution is 0.0702. The van der Waals surface area contributed by atoms with Crippen LogP contribution in [0.2, 0.25) is 0 Å². The molecule has 0 saturated carbocycles. The van der Waals surface area contributed by atoms with Gasteiger partial charge in [0.25, 0.3) is 0 Å². The summed E-state index contributed by atoms with van der Waals surface area (Å²) >= 11 is 0.945. The summed E-state index contributed by atoms with van der Waals surface area (Å²) in [4.78, 5) is 11.3. The van der Waals surface area contributed by atoms with Crippen LogP contribution in [0.25, 0.3) is 0 Å². The molecule has 8 heteroatoms. The van der Waals surface area contributed by atoms with Gasteiger partial charge >= 0.3 is 5.97 Å². The first kappa shape index (κ1) is 17.1. The Labute approximate surface area is 122 Å². The van der Waals surface area contributed by atoms with Crippen molar-refractivity contribution in [2.45, 2.75) is 31.6 Å². The van der Waals surface area contributed by atoms with Gasteiger partial charge in [-0.15, -0.1) is 11.3 Å². The zero-order valence-electron chi connectivity index (χ0n) is 11.4. The van der Waals surface area contributed by atoms with Crippen LogP contribution in [-0.4, -0.2) is 37.8 Å². The lowest BCUT2D eigenvalue weighted by Gasteiger charge is -2.08. The molecule has 20 heavy (non-hydrogen) atoms. The summed E-state index contributed by atoms with van der Waals surface area (Å²) in [5, 5.41) is 17.7. The van der Waals surface area contributed by atoms with Crippen LogP contribution >= 0.6 is 11.3 Å². The predicted molar refractivity (Wildman–Crippen MR) is 76.7 cm³/mol. The number of thiophene rings is 1. The molecule has 1 heterocycles. The first-order valence-electron chi connectivity index (χ1n) is 6.22. The van der Waals surface area contributed by atoms with Crippen LogP contribution in [0.15, 0.2) is 11.0 Å². The number of aryl methyl sites for hydroxylation is 1. The van der Waals surface area contributed by atoms with E-state index in [1.807, 2.05) is 6.92 Å². The van der Waals surface area contributed by atoms with Gasteiger partial charge in [-0.3, -0.25) is 0 Å². The summed E-state index contributed by atoms with van der Waals surface area (Å²) in [5.74, 6) is -0.989. The number of aliphatic hydroxyl groups excluding tert-OH is 1. The van der Waals surface area contributed by atoms with Crippen molar-refractivity contribution in [1.29, 1.82) is 0 Å². The second kappa shape index (κ2) is 7.16. The number of aromatic carboxylic acids is 1. The van der Waals surface area contributed by atoms with Crippen LogP contribution in [-0.2, 0) is 10.0 Å². The zero-order chi connectivity index (χ0) is 15.3. The molecule has 0 fully saturated rings. The SMILES string of the molecule is Cc1sc(C(=O)O)cc1S(=O)(=O)NCCCC(C)CO. The molecule has 0 amide bonds. The number of hydrogen-bond donors (Lipinski definition) is 3. The van der Waals surface area contributed by atoms with E-state index in [1.54, 1.807) is 6.92 Å². The van der Waals surface area contributed by atoms with Crippen molar-refractivity contribution in [3.05, 3.63) is 15.8 Å². The van der Waals surface area contributed by atoms with E-state index in [2.05, 4.69) is 4.72 Å². The molecule has 0 aliphatic heterocycles. The van der Waals surface area contributed by atoms with Gasteiger partial charge in [0.15, 0.2) is 0 Å². The fraction of sp³-hybridized carbons (Fsp3) is 0.583. The van der Waals surface area contributed by atoms with Gasteiger partial charge in [0.05, 0.1) is 4.90 Å². The highest BCUT2D eigenvalue weighted by Crippen LogP contribution is 2.25. The molecule has 114 valence electrons. The van der Waals surface area contributed by atoms with E-state index >= 15 is 0 Å². The molecule has 0 radical (unpaired) electrons. The Morgan fingerprint density at radius 1 is 1.50 bits per heavy atom. The van der Waals surface area contributed by atoms with Gasteiger partial charge in [-0.2, -0.15) is 0 Å². The van der Waals surface area contributed by atoms with E-state index in [0.717, 1.165) is 17.8 Å². The van der Waals surface area contributed by atoms with Gasteiger partial charge in [-0.1, -0.05) is 6.92 Å². The van der Waals surface area contributed by atoms with Crippen molar-refractivity contribution >= 4 is 27.3 Å². The second-order valence-corrected chi connectivity index (χ2v) is 7.66. The third-order valence-corrected chi connectivity index (χ3v) is 5.60. The van der Waals surface area contributed by atoms with E-state index in [0.29, 0.717) is 11.3 Å². The maximum atomic E-state index is 12.1. The molecular weight excluding hydrogens is 302 g/mol. The van der Waals surface area contributed by atoms with Gasteiger partial charge in [-0.25, -0.2) is 17.9 Å². The van der Waals surface area contributed by atoms with Crippen molar-refractivity contribution in [1.82, 2.24) is 4.72 Å². The molecule has 1 aromatic heterocycles. The average Bonchev–Trinajstić information content (AvgIpc) is 2.77. The van der Waals surface area contributed by atoms with Gasteiger partial charge in [0.2, 0.25) is 10.0 Å². The van der Waals surface area contributed by atoms with Gasteiger partial charge in [0, 0.05) is 18.0 Å². The number of nitrogens with one attached hydrogen (secondary N) is 1. The number of hydrogen-bond acceptors (Lipinski definition) is 5. The van der Waals surface area contributed by atoms with E-state index in [1.165, 1.54) is 6.07 Å². The minimum Gasteiger partial charge on any atom is -0.477 e. The monoisotopic (exact) mass is 321 g/mol. The summed E-state index contributed by atoms with van der Waals surface area (Å²) in [7, 11) is -3.67. The maximum absolute atomic E-state index is 12.1. The largest absolute Gasteiger partial charge is 0.477 e. The Balaban J connectivity index is 2.67. The molecule has 1 atom stereocenters. The molecule has 0 saturated heterocycles. The Morgan fingerprint density at radius 2 is 2.15 bits per heavy atom. The Bertz CT molecular complexity index is 564. The predicted octanol–water partition coefficient (Wildman–Crippen LogP) is 1.44. The summed E-state index contributed by atoms with van der Waals surface area (Å²) in [5.41, 5.74) is 0. The van der Waals surface area contributed by atoms with Crippen LogP contribution in [0.3, 0.4) is 0 Å². The Kier molecular flexibility index (Phi) is 6.12. The normalized spacial score (nSPS) is 13.3. The third-order valence-electron chi connectivity index (χ3n) is 2.85. The first-order valence-corrected chi connectivity index (χ1v) is 8.52. The summed E-state index contributed by atoms with van der Waals surface area (Å²) in [6.07, 6.45) is 1.35. The van der Waals surface area contributed by atoms with Crippen molar-refractivity contribution in [3.8, 4) is 0 Å². The van der Waals surface area contributed by atoms with Crippen LogP contribution < -0.4 is 4.72 Å². The quantitative estimate of drug-likeness (QED) is 0.629. The summed E-state index contributed by atoms with van der Waals surface area (Å²) < 4.78 is 26.6. The number of sulfonamides is 1. The van der Waals surface area contributed by atoms with Crippen LogP contribution in [0, 0.1) is 12.8 Å². The zero-order valence-corrected chi connectivity index (χ0v) is 13.1. The standard InChI is InChI=1S/C12H19NO5S2/c1-8(7-14)4-3-5-13-20(17,18)11-6-10(12(15)16)19-9(11)2/h6,8,13-14H,3-5,7H2,1-2H3,(H,15,16). The van der Waals surface area contributed by atoms with Crippen molar-refractivity contribution in [2.24, 2.45) is 5.92 Å². The molecule has 1 unspecified atom stereocenters. The van der Waals surface area contributed by atoms with Gasteiger partial charge in [0.1, 0.15) is 4.88 Å². The molecule has 1 aromatic rings. The van der Waals surface area contributed by atoms with Crippen LogP contribution in [0.4, 0.5) is 0 Å². The van der Waals surface area contributed by atoms with E-state index in [-0.39, 0.29) is 28.8 Å². The average molecular weight is 321 g/mol. The van der Waals surface area contributed by atoms with Gasteiger partial charge in [-0.05, 0) is 31.7 Å². The molecule has 0 spiro atoms. The number of rotatable bonds is 8. The highest BCUT2D eigenvalue weighted by molar-refractivity contribution is 7.89. The molecule has 0 aliphatic carbocycles. The fourth-order valence-corrected chi connectivity index (χ4v) is 4.17. The van der Waals surface area contributed by atoms with Crippen molar-refractivity contribution in [2.75, 3.05) is 13.2 Å². The van der Waals surface area contributed by atoms with Crippen LogP contribution in [0.5, 0.6) is 0 Å². The van der Waals surface area contributed by atoms with E-state index in [9.17, 15) is 13.2 Å². The fourth-order valence-electron chi connectivity index (χ4n) is 1.66. The molecule has 0 aliphatic rings. The number of carboxylic acids is 1. The molecule has 6 nitrogen and oxygen atoms in total. The van der Waals surface area contributed by atoms with Gasteiger partial charge < -0.3 is 10.2 Å².